The van der Waals surface area contributed by atoms with E-state index in [1.807, 2.05) is 0 Å². The lowest BCUT2D eigenvalue weighted by Crippen LogP contribution is -2.22. The maximum atomic E-state index is 12.1. The lowest BCUT2D eigenvalue weighted by molar-refractivity contribution is -0.128. The van der Waals surface area contributed by atoms with Gasteiger partial charge in [-0.1, -0.05) is 64.0 Å². The van der Waals surface area contributed by atoms with Gasteiger partial charge in [0.2, 0.25) is 0 Å². The van der Waals surface area contributed by atoms with Crippen LogP contribution in [0.3, 0.4) is 0 Å². The number of hydrogen-bond acceptors (Lipinski definition) is 0. The first-order valence-corrected chi connectivity index (χ1v) is 7.29. The topological polar surface area (TPSA) is 0 Å². The molecule has 0 aliphatic rings. The van der Waals surface area contributed by atoms with Crippen molar-refractivity contribution in [2.24, 2.45) is 0 Å². The normalized spacial score (nSPS) is 14.2. The molecule has 0 fully saturated rings. The maximum Gasteiger partial charge on any atom is 0.401 e. The van der Waals surface area contributed by atoms with Gasteiger partial charge in [0.05, 0.1) is 0 Å². The van der Waals surface area contributed by atoms with Gasteiger partial charge in [-0.05, 0) is 12.8 Å². The second kappa shape index (κ2) is 8.85. The summed E-state index contributed by atoms with van der Waals surface area (Å²) in [7, 11) is 0. The first-order valence-electron chi connectivity index (χ1n) is 5.25. The Morgan fingerprint density at radius 2 is 1.33 bits per heavy atom. The SMILES string of the molecule is FC(F)(F)C(Br)CCCCCCCCBr. The molecule has 1 unspecified atom stereocenters. The monoisotopic (exact) mass is 352 g/mol. The van der Waals surface area contributed by atoms with E-state index in [-0.39, 0.29) is 6.42 Å². The predicted octanol–water partition coefficient (Wildman–Crippen LogP) is 5.44. The van der Waals surface area contributed by atoms with Gasteiger partial charge in [0.15, 0.2) is 0 Å². The van der Waals surface area contributed by atoms with E-state index in [2.05, 4.69) is 31.9 Å². The molecule has 0 aliphatic carbocycles. The number of rotatable bonds is 8. The summed E-state index contributed by atoms with van der Waals surface area (Å²) >= 11 is 6.00. The summed E-state index contributed by atoms with van der Waals surface area (Å²) in [6.45, 7) is 0. The van der Waals surface area contributed by atoms with Crippen molar-refractivity contribution in [1.82, 2.24) is 0 Å². The highest BCUT2D eigenvalue weighted by molar-refractivity contribution is 9.09. The molecule has 0 N–H and O–H groups in total. The lowest BCUT2D eigenvalue weighted by atomic mass is 10.1. The summed E-state index contributed by atoms with van der Waals surface area (Å²) in [5.41, 5.74) is 0. The van der Waals surface area contributed by atoms with Gasteiger partial charge < -0.3 is 0 Å². The zero-order valence-electron chi connectivity index (χ0n) is 8.62. The summed E-state index contributed by atoms with van der Waals surface area (Å²) in [5, 5.41) is 1.02. The molecule has 0 radical (unpaired) electrons. The molecule has 0 spiro atoms. The molecule has 0 saturated carbocycles. The minimum absolute atomic E-state index is 0.196. The van der Waals surface area contributed by atoms with Crippen LogP contribution in [-0.2, 0) is 0 Å². The minimum atomic E-state index is -4.09. The van der Waals surface area contributed by atoms with Crippen molar-refractivity contribution < 1.29 is 13.2 Å². The smallest absolute Gasteiger partial charge is 0.170 e. The highest BCUT2D eigenvalue weighted by atomic mass is 79.9. The fourth-order valence-electron chi connectivity index (χ4n) is 1.29. The largest absolute Gasteiger partial charge is 0.401 e. The van der Waals surface area contributed by atoms with E-state index < -0.39 is 11.0 Å². The first kappa shape index (κ1) is 15.8. The van der Waals surface area contributed by atoms with E-state index in [9.17, 15) is 13.2 Å². The van der Waals surface area contributed by atoms with E-state index in [4.69, 9.17) is 0 Å². The van der Waals surface area contributed by atoms with Crippen molar-refractivity contribution >= 4 is 31.9 Å². The summed E-state index contributed by atoms with van der Waals surface area (Å²) < 4.78 is 36.2. The standard InChI is InChI=1S/C10H17Br2F3/c11-8-6-4-2-1-3-5-7-9(12)10(13,14)15/h9H,1-8H2. The number of alkyl halides is 5. The molecule has 0 aromatic carbocycles. The summed E-state index contributed by atoms with van der Waals surface area (Å²) in [6.07, 6.45) is 2.17. The van der Waals surface area contributed by atoms with E-state index >= 15 is 0 Å². The Labute approximate surface area is 106 Å². The zero-order chi connectivity index (χ0) is 11.7. The fraction of sp³-hybridized carbons (Fsp3) is 1.00. The van der Waals surface area contributed by atoms with Crippen molar-refractivity contribution in [3.8, 4) is 0 Å². The number of hydrogen-bond donors (Lipinski definition) is 0. The van der Waals surface area contributed by atoms with Crippen LogP contribution in [0.4, 0.5) is 13.2 Å². The molecular weight excluding hydrogens is 337 g/mol. The summed E-state index contributed by atoms with van der Waals surface area (Å²) in [6, 6.07) is 0. The lowest BCUT2D eigenvalue weighted by Gasteiger charge is -2.13. The molecular formula is C10H17Br2F3. The molecule has 15 heavy (non-hydrogen) atoms. The fourth-order valence-corrected chi connectivity index (χ4v) is 2.01. The molecule has 0 bridgehead atoms. The average Bonchev–Trinajstić information content (AvgIpc) is 2.14. The molecule has 0 aromatic heterocycles. The van der Waals surface area contributed by atoms with Gasteiger partial charge >= 0.3 is 6.18 Å². The third kappa shape index (κ3) is 9.67. The van der Waals surface area contributed by atoms with Gasteiger partial charge in [-0.25, -0.2) is 0 Å². The van der Waals surface area contributed by atoms with Gasteiger partial charge in [0.1, 0.15) is 4.83 Å². The Morgan fingerprint density at radius 1 is 0.867 bits per heavy atom. The van der Waals surface area contributed by atoms with E-state index in [0.717, 1.165) is 31.0 Å². The van der Waals surface area contributed by atoms with Gasteiger partial charge in [-0.3, -0.25) is 0 Å². The van der Waals surface area contributed by atoms with Gasteiger partial charge in [-0.15, -0.1) is 0 Å². The van der Waals surface area contributed by atoms with Crippen LogP contribution >= 0.6 is 31.9 Å². The van der Waals surface area contributed by atoms with Gasteiger partial charge in [0.25, 0.3) is 0 Å². The molecule has 92 valence electrons. The Balaban J connectivity index is 3.24. The molecule has 0 amide bonds. The van der Waals surface area contributed by atoms with Crippen LogP contribution in [-0.4, -0.2) is 16.3 Å². The second-order valence-corrected chi connectivity index (χ2v) is 5.51. The third-order valence-corrected chi connectivity index (χ3v) is 3.73. The number of unbranched alkanes of at least 4 members (excludes halogenated alkanes) is 5. The first-order chi connectivity index (χ1) is 6.98. The van der Waals surface area contributed by atoms with Crippen LogP contribution in [0.5, 0.6) is 0 Å². The molecule has 0 nitrogen and oxygen atoms in total. The summed E-state index contributed by atoms with van der Waals surface area (Å²) in [4.78, 5) is -1.33. The van der Waals surface area contributed by atoms with E-state index in [1.165, 1.54) is 6.42 Å². The summed E-state index contributed by atoms with van der Waals surface area (Å²) in [5.74, 6) is 0. The highest BCUT2D eigenvalue weighted by Gasteiger charge is 2.36. The predicted molar refractivity (Wildman–Crippen MR) is 64.9 cm³/mol. The van der Waals surface area contributed by atoms with Crippen molar-refractivity contribution in [1.29, 1.82) is 0 Å². The van der Waals surface area contributed by atoms with Crippen molar-refractivity contribution in [2.45, 2.75) is 55.9 Å². The molecule has 1 atom stereocenters. The Kier molecular flexibility index (Phi) is 9.29. The molecule has 0 aromatic rings. The molecule has 0 heterocycles. The van der Waals surface area contributed by atoms with Gasteiger partial charge in [-0.2, -0.15) is 13.2 Å². The quantitative estimate of drug-likeness (QED) is 0.402. The maximum absolute atomic E-state index is 12.1. The second-order valence-electron chi connectivity index (χ2n) is 3.61. The van der Waals surface area contributed by atoms with E-state index in [1.54, 1.807) is 0 Å². The molecule has 0 aliphatic heterocycles. The van der Waals surface area contributed by atoms with Gasteiger partial charge in [0, 0.05) is 5.33 Å². The zero-order valence-corrected chi connectivity index (χ0v) is 11.8. The number of halogens is 5. The average molecular weight is 354 g/mol. The molecule has 5 heteroatoms. The highest BCUT2D eigenvalue weighted by Crippen LogP contribution is 2.30. The molecule has 0 saturated heterocycles. The van der Waals surface area contributed by atoms with E-state index in [0.29, 0.717) is 6.42 Å². The van der Waals surface area contributed by atoms with Crippen LogP contribution in [0, 0.1) is 0 Å². The Morgan fingerprint density at radius 3 is 1.80 bits per heavy atom. The minimum Gasteiger partial charge on any atom is -0.170 e. The van der Waals surface area contributed by atoms with Crippen molar-refractivity contribution in [3.05, 3.63) is 0 Å². The van der Waals surface area contributed by atoms with Crippen LogP contribution < -0.4 is 0 Å². The third-order valence-electron chi connectivity index (χ3n) is 2.20. The van der Waals surface area contributed by atoms with Crippen LogP contribution in [0.1, 0.15) is 44.9 Å². The van der Waals surface area contributed by atoms with Crippen LogP contribution in [0.15, 0.2) is 0 Å². The Hall–Kier alpha value is 0.750. The van der Waals surface area contributed by atoms with Crippen LogP contribution in [0.25, 0.3) is 0 Å². The van der Waals surface area contributed by atoms with Crippen LogP contribution in [0.2, 0.25) is 0 Å². The van der Waals surface area contributed by atoms with Crippen molar-refractivity contribution in [3.63, 3.8) is 0 Å². The van der Waals surface area contributed by atoms with Crippen molar-refractivity contribution in [2.75, 3.05) is 5.33 Å². The Bertz CT molecular complexity index is 148. The molecule has 0 rings (SSSR count).